The molecule has 0 atom stereocenters. The van der Waals surface area contributed by atoms with E-state index in [1.165, 1.54) is 24.3 Å². The number of hydrogen-bond donors (Lipinski definition) is 1. The van der Waals surface area contributed by atoms with Gasteiger partial charge in [-0.3, -0.25) is 0 Å². The fourth-order valence-corrected chi connectivity index (χ4v) is 2.39. The Bertz CT molecular complexity index is 793. The predicted molar refractivity (Wildman–Crippen MR) is 77.8 cm³/mol. The lowest BCUT2D eigenvalue weighted by molar-refractivity contribution is 0.0696. The SMILES string of the molecule is Cc1ccc(C(=O)O)cc1Oc1cccc(S(C)(=O)=O)c1. The number of aromatic carboxylic acids is 1. The minimum atomic E-state index is -3.32. The van der Waals surface area contributed by atoms with Gasteiger partial charge in [0.2, 0.25) is 0 Å². The molecule has 5 nitrogen and oxygen atoms in total. The molecule has 0 saturated carbocycles. The Balaban J connectivity index is 2.39. The van der Waals surface area contributed by atoms with Crippen LogP contribution in [0.2, 0.25) is 0 Å². The third-order valence-electron chi connectivity index (χ3n) is 2.90. The number of rotatable bonds is 4. The number of carboxylic acid groups (broad SMARTS) is 1. The molecule has 0 spiro atoms. The first-order valence-electron chi connectivity index (χ1n) is 6.09. The molecular formula is C15H14O5S. The first-order chi connectivity index (χ1) is 9.77. The molecule has 0 saturated heterocycles. The van der Waals surface area contributed by atoms with Crippen molar-refractivity contribution in [3.8, 4) is 11.5 Å². The standard InChI is InChI=1S/C15H14O5S/c1-10-6-7-11(15(16)17)8-14(10)20-12-4-3-5-13(9-12)21(2,18)19/h3-9H,1-2H3,(H,16,17). The second-order valence-corrected chi connectivity index (χ2v) is 6.65. The normalized spacial score (nSPS) is 11.1. The van der Waals surface area contributed by atoms with Crippen molar-refractivity contribution in [2.75, 3.05) is 6.26 Å². The molecule has 21 heavy (non-hydrogen) atoms. The van der Waals surface area contributed by atoms with Gasteiger partial charge >= 0.3 is 5.97 Å². The van der Waals surface area contributed by atoms with Crippen molar-refractivity contribution in [2.45, 2.75) is 11.8 Å². The lowest BCUT2D eigenvalue weighted by Crippen LogP contribution is -1.99. The third kappa shape index (κ3) is 3.61. The van der Waals surface area contributed by atoms with Crippen molar-refractivity contribution in [2.24, 2.45) is 0 Å². The van der Waals surface area contributed by atoms with Gasteiger partial charge in [-0.25, -0.2) is 13.2 Å². The van der Waals surface area contributed by atoms with Crippen LogP contribution in [0.4, 0.5) is 0 Å². The first-order valence-corrected chi connectivity index (χ1v) is 7.98. The number of aryl methyl sites for hydroxylation is 1. The van der Waals surface area contributed by atoms with E-state index >= 15 is 0 Å². The van der Waals surface area contributed by atoms with E-state index in [9.17, 15) is 13.2 Å². The Morgan fingerprint density at radius 1 is 1.14 bits per heavy atom. The molecule has 0 fully saturated rings. The van der Waals surface area contributed by atoms with Crippen LogP contribution in [0.15, 0.2) is 47.4 Å². The van der Waals surface area contributed by atoms with E-state index < -0.39 is 15.8 Å². The van der Waals surface area contributed by atoms with Gasteiger partial charge in [0.1, 0.15) is 11.5 Å². The molecule has 0 amide bonds. The molecule has 0 aromatic heterocycles. The number of carbonyl (C=O) groups is 1. The minimum absolute atomic E-state index is 0.106. The number of benzene rings is 2. The molecule has 0 aliphatic heterocycles. The van der Waals surface area contributed by atoms with Crippen LogP contribution in [0.25, 0.3) is 0 Å². The Labute approximate surface area is 122 Å². The maximum absolute atomic E-state index is 11.5. The Morgan fingerprint density at radius 2 is 1.86 bits per heavy atom. The lowest BCUT2D eigenvalue weighted by atomic mass is 10.1. The maximum atomic E-state index is 11.5. The molecule has 0 heterocycles. The topological polar surface area (TPSA) is 80.7 Å². The maximum Gasteiger partial charge on any atom is 0.335 e. The zero-order chi connectivity index (χ0) is 15.6. The molecular weight excluding hydrogens is 292 g/mol. The lowest BCUT2D eigenvalue weighted by Gasteiger charge is -2.10. The van der Waals surface area contributed by atoms with E-state index in [1.54, 1.807) is 25.1 Å². The Hall–Kier alpha value is -2.34. The quantitative estimate of drug-likeness (QED) is 0.939. The largest absolute Gasteiger partial charge is 0.478 e. The molecule has 0 aliphatic carbocycles. The van der Waals surface area contributed by atoms with Crippen LogP contribution in [0, 0.1) is 6.92 Å². The molecule has 2 aromatic rings. The summed E-state index contributed by atoms with van der Waals surface area (Å²) in [5, 5.41) is 8.98. The van der Waals surface area contributed by atoms with Crippen LogP contribution in [-0.4, -0.2) is 25.7 Å². The van der Waals surface area contributed by atoms with E-state index in [4.69, 9.17) is 9.84 Å². The number of sulfone groups is 1. The summed E-state index contributed by atoms with van der Waals surface area (Å²) in [7, 11) is -3.32. The Morgan fingerprint density at radius 3 is 2.48 bits per heavy atom. The van der Waals surface area contributed by atoms with Gasteiger partial charge in [-0.2, -0.15) is 0 Å². The van der Waals surface area contributed by atoms with E-state index in [0.717, 1.165) is 11.8 Å². The van der Waals surface area contributed by atoms with Crippen LogP contribution >= 0.6 is 0 Å². The molecule has 1 N–H and O–H groups in total. The smallest absolute Gasteiger partial charge is 0.335 e. The summed E-state index contributed by atoms with van der Waals surface area (Å²) in [4.78, 5) is 11.1. The van der Waals surface area contributed by atoms with Gasteiger partial charge in [0.25, 0.3) is 0 Å². The molecule has 0 aliphatic rings. The van der Waals surface area contributed by atoms with E-state index in [2.05, 4.69) is 0 Å². The van der Waals surface area contributed by atoms with Crippen LogP contribution in [0.3, 0.4) is 0 Å². The summed E-state index contributed by atoms with van der Waals surface area (Å²) >= 11 is 0. The molecule has 2 aromatic carbocycles. The van der Waals surface area contributed by atoms with Crippen molar-refractivity contribution >= 4 is 15.8 Å². The summed E-state index contributed by atoms with van der Waals surface area (Å²) in [5.41, 5.74) is 0.861. The molecule has 0 radical (unpaired) electrons. The number of hydrogen-bond acceptors (Lipinski definition) is 4. The second-order valence-electron chi connectivity index (χ2n) is 4.63. The van der Waals surface area contributed by atoms with E-state index in [-0.39, 0.29) is 10.5 Å². The summed E-state index contributed by atoms with van der Waals surface area (Å²) in [5.74, 6) is -0.339. The van der Waals surface area contributed by atoms with Crippen LogP contribution in [0.1, 0.15) is 15.9 Å². The molecule has 6 heteroatoms. The summed E-state index contributed by atoms with van der Waals surface area (Å²) in [6.45, 7) is 1.78. The fourth-order valence-electron chi connectivity index (χ4n) is 1.74. The molecule has 110 valence electrons. The highest BCUT2D eigenvalue weighted by molar-refractivity contribution is 7.90. The summed E-state index contributed by atoms with van der Waals surface area (Å²) in [6, 6.07) is 10.6. The highest BCUT2D eigenvalue weighted by Crippen LogP contribution is 2.27. The van der Waals surface area contributed by atoms with E-state index in [1.807, 2.05) is 0 Å². The van der Waals surface area contributed by atoms with Crippen molar-refractivity contribution < 1.29 is 23.1 Å². The predicted octanol–water partition coefficient (Wildman–Crippen LogP) is 2.89. The van der Waals surface area contributed by atoms with Gasteiger partial charge < -0.3 is 9.84 Å². The van der Waals surface area contributed by atoms with Gasteiger partial charge in [0.15, 0.2) is 9.84 Å². The van der Waals surface area contributed by atoms with Gasteiger partial charge in [-0.15, -0.1) is 0 Å². The zero-order valence-corrected chi connectivity index (χ0v) is 12.3. The van der Waals surface area contributed by atoms with Gasteiger partial charge in [0.05, 0.1) is 10.5 Å². The minimum Gasteiger partial charge on any atom is -0.478 e. The van der Waals surface area contributed by atoms with Gasteiger partial charge in [-0.1, -0.05) is 12.1 Å². The molecule has 0 unspecified atom stereocenters. The highest BCUT2D eigenvalue weighted by atomic mass is 32.2. The van der Waals surface area contributed by atoms with Crippen molar-refractivity contribution in [3.63, 3.8) is 0 Å². The summed E-state index contributed by atoms with van der Waals surface area (Å²) in [6.07, 6.45) is 1.11. The monoisotopic (exact) mass is 306 g/mol. The first kappa shape index (κ1) is 15.1. The van der Waals surface area contributed by atoms with Crippen molar-refractivity contribution in [1.29, 1.82) is 0 Å². The Kier molecular flexibility index (Phi) is 3.99. The average molecular weight is 306 g/mol. The number of carboxylic acids is 1. The average Bonchev–Trinajstić information content (AvgIpc) is 2.40. The van der Waals surface area contributed by atoms with Crippen molar-refractivity contribution in [3.05, 3.63) is 53.6 Å². The van der Waals surface area contributed by atoms with Gasteiger partial charge in [-0.05, 0) is 42.8 Å². The van der Waals surface area contributed by atoms with Crippen molar-refractivity contribution in [1.82, 2.24) is 0 Å². The van der Waals surface area contributed by atoms with Crippen LogP contribution < -0.4 is 4.74 Å². The third-order valence-corrected chi connectivity index (χ3v) is 4.01. The van der Waals surface area contributed by atoms with Crippen LogP contribution in [0.5, 0.6) is 11.5 Å². The molecule has 0 bridgehead atoms. The number of ether oxygens (including phenoxy) is 1. The van der Waals surface area contributed by atoms with Crippen LogP contribution in [-0.2, 0) is 9.84 Å². The summed E-state index contributed by atoms with van der Waals surface area (Å²) < 4.78 is 28.6. The van der Waals surface area contributed by atoms with Gasteiger partial charge in [0, 0.05) is 6.26 Å². The highest BCUT2D eigenvalue weighted by Gasteiger charge is 2.11. The fraction of sp³-hybridized carbons (Fsp3) is 0.133. The van der Waals surface area contributed by atoms with E-state index in [0.29, 0.717) is 11.5 Å². The second kappa shape index (κ2) is 5.57. The zero-order valence-electron chi connectivity index (χ0n) is 11.5. The molecule has 2 rings (SSSR count).